The van der Waals surface area contributed by atoms with E-state index < -0.39 is 29.9 Å². The van der Waals surface area contributed by atoms with Gasteiger partial charge in [-0.25, -0.2) is 4.79 Å². The number of aliphatic hydroxyl groups excluding tert-OH is 1. The Morgan fingerprint density at radius 2 is 1.77 bits per heavy atom. The number of aliphatic hydroxyl groups is 1. The van der Waals surface area contributed by atoms with Gasteiger partial charge in [0.05, 0.1) is 17.2 Å². The van der Waals surface area contributed by atoms with E-state index in [2.05, 4.69) is 0 Å². The Morgan fingerprint density at radius 1 is 1.12 bits per heavy atom. The van der Waals surface area contributed by atoms with Crippen LogP contribution in [0.3, 0.4) is 0 Å². The lowest BCUT2D eigenvalue weighted by Gasteiger charge is -2.27. The highest BCUT2D eigenvalue weighted by molar-refractivity contribution is 5.87. The maximum absolute atomic E-state index is 13.3. The number of halogens is 3. The first kappa shape index (κ1) is 18.4. The van der Waals surface area contributed by atoms with Crippen molar-refractivity contribution in [3.8, 4) is 0 Å². The highest BCUT2D eigenvalue weighted by Gasteiger charge is 2.39. The molecule has 2 N–H and O–H groups in total. The molecule has 1 fully saturated rings. The Bertz CT molecular complexity index is 789. The third-order valence-corrected chi connectivity index (χ3v) is 4.59. The molecule has 0 aromatic heterocycles. The van der Waals surface area contributed by atoms with E-state index in [-0.39, 0.29) is 24.1 Å². The van der Waals surface area contributed by atoms with Crippen LogP contribution in [0.25, 0.3) is 0 Å². The number of carboxylic acids is 1. The number of carboxylic acid groups (broad SMARTS) is 1. The molecule has 26 heavy (non-hydrogen) atoms. The van der Waals surface area contributed by atoms with Crippen LogP contribution in [0.4, 0.5) is 13.2 Å². The predicted octanol–water partition coefficient (Wildman–Crippen LogP) is 3.71. The summed E-state index contributed by atoms with van der Waals surface area (Å²) < 4.78 is 40.0. The summed E-state index contributed by atoms with van der Waals surface area (Å²) in [6, 6.07) is 11.1. The smallest absolute Gasteiger partial charge is 0.416 e. The molecule has 1 aliphatic heterocycles. The summed E-state index contributed by atoms with van der Waals surface area (Å²) >= 11 is 0. The zero-order valence-electron chi connectivity index (χ0n) is 13.8. The van der Waals surface area contributed by atoms with Gasteiger partial charge in [0.1, 0.15) is 0 Å². The lowest BCUT2D eigenvalue weighted by Crippen LogP contribution is -2.26. The van der Waals surface area contributed by atoms with Gasteiger partial charge in [0, 0.05) is 19.1 Å². The molecular formula is C19H18F3NO3. The third kappa shape index (κ3) is 3.89. The van der Waals surface area contributed by atoms with E-state index in [9.17, 15) is 23.1 Å². The van der Waals surface area contributed by atoms with Crippen molar-refractivity contribution in [2.75, 3.05) is 6.54 Å². The SMILES string of the molecule is O=C(O)c1ccc(CN2CC(O)CC2c2ccccc2C(F)(F)F)cc1. The van der Waals surface area contributed by atoms with Crippen molar-refractivity contribution in [2.45, 2.75) is 31.3 Å². The predicted molar refractivity (Wildman–Crippen MR) is 88.6 cm³/mol. The van der Waals surface area contributed by atoms with Crippen molar-refractivity contribution in [3.63, 3.8) is 0 Å². The minimum Gasteiger partial charge on any atom is -0.478 e. The Balaban J connectivity index is 1.87. The first-order chi connectivity index (χ1) is 12.3. The number of β-amino-alcohol motifs (C(OH)–C–C–N with tert-alkyl or cyclic N) is 1. The maximum Gasteiger partial charge on any atom is 0.416 e. The molecule has 0 bridgehead atoms. The van der Waals surface area contributed by atoms with Gasteiger partial charge < -0.3 is 10.2 Å². The first-order valence-corrected chi connectivity index (χ1v) is 8.16. The largest absolute Gasteiger partial charge is 0.478 e. The van der Waals surface area contributed by atoms with Gasteiger partial charge >= 0.3 is 12.1 Å². The summed E-state index contributed by atoms with van der Waals surface area (Å²) in [6.45, 7) is 0.589. The van der Waals surface area contributed by atoms with Gasteiger partial charge in [-0.3, -0.25) is 4.90 Å². The van der Waals surface area contributed by atoms with Crippen molar-refractivity contribution >= 4 is 5.97 Å². The molecule has 1 saturated heterocycles. The normalized spacial score (nSPS) is 21.1. The molecule has 1 aliphatic rings. The minimum absolute atomic E-state index is 0.147. The molecule has 138 valence electrons. The summed E-state index contributed by atoms with van der Waals surface area (Å²) in [4.78, 5) is 12.7. The number of nitrogens with zero attached hydrogens (tertiary/aromatic N) is 1. The molecule has 0 saturated carbocycles. The van der Waals surface area contributed by atoms with Gasteiger partial charge in [-0.05, 0) is 35.7 Å². The van der Waals surface area contributed by atoms with Crippen LogP contribution in [0.1, 0.15) is 39.5 Å². The number of hydrogen-bond donors (Lipinski definition) is 2. The zero-order chi connectivity index (χ0) is 18.9. The van der Waals surface area contributed by atoms with Crippen molar-refractivity contribution in [2.24, 2.45) is 0 Å². The van der Waals surface area contributed by atoms with Gasteiger partial charge in [-0.2, -0.15) is 13.2 Å². The number of carbonyl (C=O) groups is 1. The molecule has 4 nitrogen and oxygen atoms in total. The standard InChI is InChI=1S/C19H18F3NO3/c20-19(21,22)16-4-2-1-3-15(16)17-9-14(24)11-23(17)10-12-5-7-13(8-6-12)18(25)26/h1-8,14,17,24H,9-11H2,(H,25,26). The van der Waals surface area contributed by atoms with E-state index in [4.69, 9.17) is 5.11 Å². The van der Waals surface area contributed by atoms with Crippen LogP contribution in [0.5, 0.6) is 0 Å². The van der Waals surface area contributed by atoms with Crippen LogP contribution in [0.2, 0.25) is 0 Å². The lowest BCUT2D eigenvalue weighted by atomic mass is 9.97. The van der Waals surface area contributed by atoms with Gasteiger partial charge in [0.15, 0.2) is 0 Å². The van der Waals surface area contributed by atoms with Crippen molar-refractivity contribution in [3.05, 3.63) is 70.8 Å². The molecule has 2 aromatic carbocycles. The minimum atomic E-state index is -4.46. The maximum atomic E-state index is 13.3. The molecule has 0 spiro atoms. The van der Waals surface area contributed by atoms with E-state index in [1.54, 1.807) is 23.1 Å². The van der Waals surface area contributed by atoms with Gasteiger partial charge in [0.2, 0.25) is 0 Å². The van der Waals surface area contributed by atoms with E-state index in [1.807, 2.05) is 0 Å². The zero-order valence-corrected chi connectivity index (χ0v) is 13.8. The molecule has 2 atom stereocenters. The van der Waals surface area contributed by atoms with E-state index in [0.29, 0.717) is 6.54 Å². The second-order valence-electron chi connectivity index (χ2n) is 6.42. The van der Waals surface area contributed by atoms with Crippen LogP contribution >= 0.6 is 0 Å². The van der Waals surface area contributed by atoms with Crippen molar-refractivity contribution < 1.29 is 28.2 Å². The number of hydrogen-bond acceptors (Lipinski definition) is 3. The number of aromatic carboxylic acids is 1. The van der Waals surface area contributed by atoms with E-state index in [1.165, 1.54) is 24.3 Å². The second-order valence-corrected chi connectivity index (χ2v) is 6.42. The number of alkyl halides is 3. The summed E-state index contributed by atoms with van der Waals surface area (Å²) in [7, 11) is 0. The number of rotatable bonds is 4. The van der Waals surface area contributed by atoms with Crippen LogP contribution in [0, 0.1) is 0 Å². The fourth-order valence-electron chi connectivity index (χ4n) is 3.41. The molecule has 1 heterocycles. The molecule has 2 unspecified atom stereocenters. The highest BCUT2D eigenvalue weighted by atomic mass is 19.4. The highest BCUT2D eigenvalue weighted by Crippen LogP contribution is 2.40. The molecular weight excluding hydrogens is 347 g/mol. The summed E-state index contributed by atoms with van der Waals surface area (Å²) in [5.74, 6) is -1.04. The second kappa shape index (κ2) is 7.09. The molecule has 7 heteroatoms. The van der Waals surface area contributed by atoms with Crippen molar-refractivity contribution in [1.29, 1.82) is 0 Å². The topological polar surface area (TPSA) is 60.8 Å². The quantitative estimate of drug-likeness (QED) is 0.867. The van der Waals surface area contributed by atoms with E-state index >= 15 is 0 Å². The lowest BCUT2D eigenvalue weighted by molar-refractivity contribution is -0.138. The first-order valence-electron chi connectivity index (χ1n) is 8.16. The third-order valence-electron chi connectivity index (χ3n) is 4.59. The van der Waals surface area contributed by atoms with Gasteiger partial charge in [-0.15, -0.1) is 0 Å². The summed E-state index contributed by atoms with van der Waals surface area (Å²) in [6.07, 6.45) is -4.95. The monoisotopic (exact) mass is 365 g/mol. The van der Waals surface area contributed by atoms with Crippen LogP contribution < -0.4 is 0 Å². The number of benzene rings is 2. The Morgan fingerprint density at radius 3 is 2.38 bits per heavy atom. The van der Waals surface area contributed by atoms with Crippen molar-refractivity contribution in [1.82, 2.24) is 4.90 Å². The van der Waals surface area contributed by atoms with Gasteiger partial charge in [0.25, 0.3) is 0 Å². The fourth-order valence-corrected chi connectivity index (χ4v) is 3.41. The molecule has 0 radical (unpaired) electrons. The Labute approximate surface area is 148 Å². The Hall–Kier alpha value is -2.38. The average molecular weight is 365 g/mol. The molecule has 0 amide bonds. The number of likely N-dealkylation sites (tertiary alicyclic amines) is 1. The summed E-state index contributed by atoms with van der Waals surface area (Å²) in [5, 5.41) is 19.0. The molecule has 2 aromatic rings. The Kier molecular flexibility index (Phi) is 5.02. The van der Waals surface area contributed by atoms with E-state index in [0.717, 1.165) is 11.6 Å². The van der Waals surface area contributed by atoms with Crippen LogP contribution in [-0.2, 0) is 12.7 Å². The fraction of sp³-hybridized carbons (Fsp3) is 0.316. The average Bonchev–Trinajstić information content (AvgIpc) is 2.95. The molecule has 3 rings (SSSR count). The van der Waals surface area contributed by atoms with Crippen LogP contribution in [0.15, 0.2) is 48.5 Å². The van der Waals surface area contributed by atoms with Crippen LogP contribution in [-0.4, -0.2) is 33.7 Å². The van der Waals surface area contributed by atoms with Gasteiger partial charge in [-0.1, -0.05) is 30.3 Å². The molecule has 0 aliphatic carbocycles. The summed E-state index contributed by atoms with van der Waals surface area (Å²) in [5.41, 5.74) is 0.386.